The normalized spacial score (nSPS) is 10.8. The van der Waals surface area contributed by atoms with E-state index >= 15 is 0 Å². The van der Waals surface area contributed by atoms with Gasteiger partial charge in [0.1, 0.15) is 23.9 Å². The number of imidazole rings is 1. The molecule has 0 unspecified atom stereocenters. The molecule has 0 bridgehead atoms. The molecule has 0 atom stereocenters. The number of benzene rings is 2. The highest BCUT2D eigenvalue weighted by Gasteiger charge is 2.12. The van der Waals surface area contributed by atoms with Gasteiger partial charge in [-0.3, -0.25) is 0 Å². The monoisotopic (exact) mass is 417 g/mol. The van der Waals surface area contributed by atoms with E-state index < -0.39 is 5.97 Å². The molecular weight excluding hydrogens is 394 g/mol. The average Bonchev–Trinajstić information content (AvgIpc) is 3.12. The van der Waals surface area contributed by atoms with E-state index in [1.807, 2.05) is 41.9 Å². The number of hydrogen-bond acceptors (Lipinski definition) is 6. The van der Waals surface area contributed by atoms with Crippen LogP contribution in [0.1, 0.15) is 28.7 Å². The molecule has 0 N–H and O–H groups in total. The van der Waals surface area contributed by atoms with Gasteiger partial charge in [-0.15, -0.1) is 0 Å². The lowest BCUT2D eigenvalue weighted by molar-refractivity contribution is 0.0600. The molecule has 31 heavy (non-hydrogen) atoms. The Labute approximate surface area is 180 Å². The van der Waals surface area contributed by atoms with Crippen molar-refractivity contribution in [3.05, 3.63) is 77.7 Å². The third-order valence-electron chi connectivity index (χ3n) is 5.01. The molecule has 0 aliphatic carbocycles. The van der Waals surface area contributed by atoms with Gasteiger partial charge in [0.2, 0.25) is 5.88 Å². The summed E-state index contributed by atoms with van der Waals surface area (Å²) in [6, 6.07) is 16.5. The van der Waals surface area contributed by atoms with Crippen LogP contribution in [0, 0.1) is 0 Å². The number of nitrogens with zero attached hydrogens (tertiary/aromatic N) is 3. The van der Waals surface area contributed by atoms with E-state index in [4.69, 9.17) is 14.2 Å². The molecule has 0 aliphatic heterocycles. The van der Waals surface area contributed by atoms with Crippen LogP contribution in [0.2, 0.25) is 0 Å². The first kappa shape index (κ1) is 20.4. The van der Waals surface area contributed by atoms with Gasteiger partial charge in [0.05, 0.1) is 23.7 Å². The van der Waals surface area contributed by atoms with Gasteiger partial charge < -0.3 is 18.8 Å². The molecule has 4 aromatic rings. The molecule has 2 aromatic heterocycles. The van der Waals surface area contributed by atoms with Crippen LogP contribution in [-0.2, 0) is 24.8 Å². The van der Waals surface area contributed by atoms with Crippen molar-refractivity contribution in [1.82, 2.24) is 14.5 Å². The molecule has 0 fully saturated rings. The van der Waals surface area contributed by atoms with E-state index in [1.165, 1.54) is 7.11 Å². The Balaban J connectivity index is 1.54. The van der Waals surface area contributed by atoms with E-state index in [-0.39, 0.29) is 6.61 Å². The Bertz CT molecular complexity index is 1230. The number of methoxy groups -OCH3 is 1. The van der Waals surface area contributed by atoms with Crippen LogP contribution in [0.25, 0.3) is 11.0 Å². The zero-order valence-electron chi connectivity index (χ0n) is 17.7. The Morgan fingerprint density at radius 1 is 1.06 bits per heavy atom. The van der Waals surface area contributed by atoms with Crippen molar-refractivity contribution >= 4 is 17.0 Å². The summed E-state index contributed by atoms with van der Waals surface area (Å²) < 4.78 is 18.6. The van der Waals surface area contributed by atoms with Gasteiger partial charge in [-0.2, -0.15) is 0 Å². The van der Waals surface area contributed by atoms with E-state index in [0.29, 0.717) is 22.9 Å². The predicted molar refractivity (Wildman–Crippen MR) is 117 cm³/mol. The molecule has 0 radical (unpaired) electrons. The average molecular weight is 417 g/mol. The highest BCUT2D eigenvalue weighted by atomic mass is 16.5. The molecular formula is C24H23N3O4. The number of rotatable bonds is 7. The molecule has 2 aromatic carbocycles. The lowest BCUT2D eigenvalue weighted by Gasteiger charge is -2.09. The summed E-state index contributed by atoms with van der Waals surface area (Å²) in [4.78, 5) is 20.7. The van der Waals surface area contributed by atoms with Gasteiger partial charge in [0.15, 0.2) is 0 Å². The maximum absolute atomic E-state index is 11.7. The topological polar surface area (TPSA) is 75.5 Å². The second-order valence-electron chi connectivity index (χ2n) is 6.97. The summed E-state index contributed by atoms with van der Waals surface area (Å²) in [5, 5.41) is 0. The predicted octanol–water partition coefficient (Wildman–Crippen LogP) is 4.69. The van der Waals surface area contributed by atoms with Crippen molar-refractivity contribution in [3.8, 4) is 17.4 Å². The molecule has 0 aliphatic rings. The minimum absolute atomic E-state index is 0.256. The Morgan fingerprint density at radius 3 is 2.74 bits per heavy atom. The zero-order chi connectivity index (χ0) is 21.8. The van der Waals surface area contributed by atoms with Crippen LogP contribution in [0.5, 0.6) is 17.4 Å². The standard InChI is InChI=1S/C24H23N3O4/c1-4-16-8-6-12-25-23(16)31-19-10-11-20-21(14-19)27(2)22(26-20)15-30-18-9-5-7-17(13-18)24(28)29-3/h5-14H,4,15H2,1-3H3. The van der Waals surface area contributed by atoms with Crippen LogP contribution in [0.3, 0.4) is 0 Å². The van der Waals surface area contributed by atoms with E-state index in [2.05, 4.69) is 16.9 Å². The van der Waals surface area contributed by atoms with Crippen LogP contribution in [-0.4, -0.2) is 27.6 Å². The number of ether oxygens (including phenoxy) is 3. The maximum Gasteiger partial charge on any atom is 0.337 e. The van der Waals surface area contributed by atoms with Crippen molar-refractivity contribution in [1.29, 1.82) is 0 Å². The smallest absolute Gasteiger partial charge is 0.337 e. The fourth-order valence-corrected chi connectivity index (χ4v) is 3.29. The number of fused-ring (bicyclic) bond motifs is 1. The van der Waals surface area contributed by atoms with Crippen LogP contribution < -0.4 is 9.47 Å². The highest BCUT2D eigenvalue weighted by molar-refractivity contribution is 5.89. The number of carbonyl (C=O) groups is 1. The summed E-state index contributed by atoms with van der Waals surface area (Å²) in [6.07, 6.45) is 2.57. The molecule has 0 saturated heterocycles. The minimum atomic E-state index is -0.403. The van der Waals surface area contributed by atoms with Gasteiger partial charge in [0.25, 0.3) is 0 Å². The highest BCUT2D eigenvalue weighted by Crippen LogP contribution is 2.27. The van der Waals surface area contributed by atoms with Gasteiger partial charge in [-0.1, -0.05) is 19.1 Å². The first-order chi connectivity index (χ1) is 15.1. The first-order valence-corrected chi connectivity index (χ1v) is 9.97. The summed E-state index contributed by atoms with van der Waals surface area (Å²) >= 11 is 0. The lowest BCUT2D eigenvalue weighted by Crippen LogP contribution is -2.05. The number of esters is 1. The van der Waals surface area contributed by atoms with Crippen molar-refractivity contribution in [2.75, 3.05) is 7.11 Å². The lowest BCUT2D eigenvalue weighted by atomic mass is 10.2. The van der Waals surface area contributed by atoms with Crippen LogP contribution in [0.4, 0.5) is 0 Å². The van der Waals surface area contributed by atoms with Gasteiger partial charge in [-0.05, 0) is 42.8 Å². The van der Waals surface area contributed by atoms with Crippen molar-refractivity contribution in [2.24, 2.45) is 7.05 Å². The van der Waals surface area contributed by atoms with Gasteiger partial charge >= 0.3 is 5.97 Å². The summed E-state index contributed by atoms with van der Waals surface area (Å²) in [7, 11) is 3.28. The van der Waals surface area contributed by atoms with Crippen molar-refractivity contribution < 1.29 is 19.0 Å². The fraction of sp³-hybridized carbons (Fsp3) is 0.208. The Kier molecular flexibility index (Phi) is 5.84. The number of pyridine rings is 1. The molecule has 0 amide bonds. The van der Waals surface area contributed by atoms with E-state index in [0.717, 1.165) is 28.8 Å². The molecule has 0 spiro atoms. The molecule has 158 valence electrons. The third kappa shape index (κ3) is 4.35. The van der Waals surface area contributed by atoms with Gasteiger partial charge in [0, 0.05) is 24.9 Å². The van der Waals surface area contributed by atoms with Crippen molar-refractivity contribution in [3.63, 3.8) is 0 Å². The van der Waals surface area contributed by atoms with E-state index in [1.54, 1.807) is 30.5 Å². The Hall–Kier alpha value is -3.87. The fourth-order valence-electron chi connectivity index (χ4n) is 3.29. The minimum Gasteiger partial charge on any atom is -0.486 e. The molecule has 2 heterocycles. The van der Waals surface area contributed by atoms with E-state index in [9.17, 15) is 4.79 Å². The number of aryl methyl sites for hydroxylation is 2. The number of carbonyl (C=O) groups excluding carboxylic acids is 1. The molecule has 7 nitrogen and oxygen atoms in total. The summed E-state index contributed by atoms with van der Waals surface area (Å²) in [6.45, 7) is 2.33. The number of hydrogen-bond donors (Lipinski definition) is 0. The van der Waals surface area contributed by atoms with Crippen LogP contribution >= 0.6 is 0 Å². The quantitative estimate of drug-likeness (QED) is 0.406. The van der Waals surface area contributed by atoms with Gasteiger partial charge in [-0.25, -0.2) is 14.8 Å². The Morgan fingerprint density at radius 2 is 1.94 bits per heavy atom. The third-order valence-corrected chi connectivity index (χ3v) is 5.01. The maximum atomic E-state index is 11.7. The van der Waals surface area contributed by atoms with Crippen LogP contribution in [0.15, 0.2) is 60.8 Å². The molecule has 7 heteroatoms. The number of aromatic nitrogens is 3. The second-order valence-corrected chi connectivity index (χ2v) is 6.97. The summed E-state index contributed by atoms with van der Waals surface area (Å²) in [5.41, 5.74) is 3.26. The summed E-state index contributed by atoms with van der Waals surface area (Å²) in [5.74, 6) is 2.23. The first-order valence-electron chi connectivity index (χ1n) is 9.97. The molecule has 4 rings (SSSR count). The van der Waals surface area contributed by atoms with Crippen molar-refractivity contribution in [2.45, 2.75) is 20.0 Å². The largest absolute Gasteiger partial charge is 0.486 e. The molecule has 0 saturated carbocycles. The second kappa shape index (κ2) is 8.87. The SMILES string of the molecule is CCc1cccnc1Oc1ccc2nc(COc3cccc(C(=O)OC)c3)n(C)c2c1. The zero-order valence-corrected chi connectivity index (χ0v) is 17.7.